The summed E-state index contributed by atoms with van der Waals surface area (Å²) in [4.78, 5) is 15.5. The Bertz CT molecular complexity index is 1030. The Hall–Kier alpha value is -3.27. The molecule has 0 aliphatic carbocycles. The van der Waals surface area contributed by atoms with E-state index < -0.39 is 30.1 Å². The van der Waals surface area contributed by atoms with Crippen LogP contribution in [0.1, 0.15) is 32.7 Å². The number of carbonyl (C=O) groups excluding carboxylic acids is 1. The molecule has 28 heavy (non-hydrogen) atoms. The summed E-state index contributed by atoms with van der Waals surface area (Å²) in [5.41, 5.74) is 4.91. The Labute approximate surface area is 156 Å². The van der Waals surface area contributed by atoms with Crippen molar-refractivity contribution >= 4 is 5.91 Å². The number of aromatic nitrogens is 3. The van der Waals surface area contributed by atoms with E-state index in [-0.39, 0.29) is 29.1 Å². The van der Waals surface area contributed by atoms with Crippen LogP contribution in [-0.2, 0) is 19.2 Å². The van der Waals surface area contributed by atoms with Gasteiger partial charge in [0, 0.05) is 18.0 Å². The Morgan fingerprint density at radius 3 is 2.54 bits per heavy atom. The number of alkyl halides is 3. The van der Waals surface area contributed by atoms with Crippen LogP contribution < -0.4 is 5.73 Å². The van der Waals surface area contributed by atoms with Crippen LogP contribution in [0.2, 0.25) is 0 Å². The van der Waals surface area contributed by atoms with Crippen LogP contribution in [0.15, 0.2) is 42.7 Å². The lowest BCUT2D eigenvalue weighted by molar-refractivity contribution is -0.137. The first-order valence-electron chi connectivity index (χ1n) is 7.98. The molecule has 1 aromatic carbocycles. The molecular formula is C18H14F4N4O2. The molecule has 146 valence electrons. The third kappa shape index (κ3) is 4.17. The Morgan fingerprint density at radius 2 is 1.93 bits per heavy atom. The van der Waals surface area contributed by atoms with Crippen molar-refractivity contribution in [3.8, 4) is 5.82 Å². The van der Waals surface area contributed by atoms with Gasteiger partial charge in [-0.1, -0.05) is 0 Å². The van der Waals surface area contributed by atoms with E-state index in [9.17, 15) is 27.5 Å². The van der Waals surface area contributed by atoms with Gasteiger partial charge in [-0.15, -0.1) is 0 Å². The Morgan fingerprint density at radius 1 is 1.18 bits per heavy atom. The topological polar surface area (TPSA) is 94.0 Å². The van der Waals surface area contributed by atoms with Crippen molar-refractivity contribution in [1.29, 1.82) is 0 Å². The molecule has 0 fully saturated rings. The van der Waals surface area contributed by atoms with E-state index in [0.717, 1.165) is 12.1 Å². The monoisotopic (exact) mass is 394 g/mol. The number of halogens is 4. The van der Waals surface area contributed by atoms with Crippen molar-refractivity contribution in [2.75, 3.05) is 0 Å². The average molecular weight is 394 g/mol. The quantitative estimate of drug-likeness (QED) is 0.651. The van der Waals surface area contributed by atoms with E-state index in [4.69, 9.17) is 5.73 Å². The van der Waals surface area contributed by atoms with Crippen LogP contribution in [0.3, 0.4) is 0 Å². The zero-order chi connectivity index (χ0) is 20.5. The number of amides is 1. The molecule has 1 amide bonds. The van der Waals surface area contributed by atoms with Crippen LogP contribution in [0.4, 0.5) is 17.6 Å². The molecule has 10 heteroatoms. The molecule has 0 bridgehead atoms. The van der Waals surface area contributed by atoms with Crippen LogP contribution in [0, 0.1) is 5.82 Å². The summed E-state index contributed by atoms with van der Waals surface area (Å²) < 4.78 is 53.4. The molecule has 6 nitrogen and oxygen atoms in total. The van der Waals surface area contributed by atoms with Gasteiger partial charge in [0.05, 0.1) is 12.2 Å². The number of hydrogen-bond acceptors (Lipinski definition) is 4. The number of benzene rings is 1. The fourth-order valence-corrected chi connectivity index (χ4v) is 2.70. The van der Waals surface area contributed by atoms with E-state index in [1.54, 1.807) is 6.07 Å². The molecule has 0 unspecified atom stereocenters. The first kappa shape index (κ1) is 19.5. The lowest BCUT2D eigenvalue weighted by Gasteiger charge is -2.10. The van der Waals surface area contributed by atoms with Crippen molar-refractivity contribution in [3.63, 3.8) is 0 Å². The molecule has 2 heterocycles. The highest BCUT2D eigenvalue weighted by molar-refractivity contribution is 5.92. The number of hydrogen-bond donors (Lipinski definition) is 2. The van der Waals surface area contributed by atoms with Crippen LogP contribution in [0.25, 0.3) is 5.82 Å². The molecule has 0 spiro atoms. The summed E-state index contributed by atoms with van der Waals surface area (Å²) in [5.74, 6) is -1.55. The molecule has 0 saturated carbocycles. The van der Waals surface area contributed by atoms with Crippen molar-refractivity contribution in [1.82, 2.24) is 14.8 Å². The molecule has 0 saturated heterocycles. The second kappa shape index (κ2) is 7.39. The minimum Gasteiger partial charge on any atom is -0.392 e. The van der Waals surface area contributed by atoms with Gasteiger partial charge < -0.3 is 10.8 Å². The standard InChI is InChI=1S/C18H14F4N4O2/c19-14-5-11(4-13(7-14)18(20,21)22)3-10-1-2-24-15(6-10)26-8-12(9-27)16(25-26)17(23)28/h1-2,4-8,27H,3,9H2,(H2,23,28). The van der Waals surface area contributed by atoms with Gasteiger partial charge >= 0.3 is 6.18 Å². The average Bonchev–Trinajstić information content (AvgIpc) is 3.05. The molecule has 0 aliphatic heterocycles. The van der Waals surface area contributed by atoms with E-state index in [1.165, 1.54) is 23.1 Å². The lowest BCUT2D eigenvalue weighted by atomic mass is 10.0. The zero-order valence-corrected chi connectivity index (χ0v) is 14.2. The fraction of sp³-hybridized carbons (Fsp3) is 0.167. The minimum absolute atomic E-state index is 0.0210. The van der Waals surface area contributed by atoms with Crippen molar-refractivity contribution in [3.05, 3.63) is 76.5 Å². The summed E-state index contributed by atoms with van der Waals surface area (Å²) in [5, 5.41) is 13.3. The molecule has 0 aliphatic rings. The normalized spacial score (nSPS) is 11.6. The van der Waals surface area contributed by atoms with Gasteiger partial charge in [0.25, 0.3) is 5.91 Å². The molecule has 2 aromatic heterocycles. The number of rotatable bonds is 5. The van der Waals surface area contributed by atoms with Crippen molar-refractivity contribution in [2.45, 2.75) is 19.2 Å². The highest BCUT2D eigenvalue weighted by Crippen LogP contribution is 2.31. The fourth-order valence-electron chi connectivity index (χ4n) is 2.70. The molecule has 0 atom stereocenters. The van der Waals surface area contributed by atoms with Gasteiger partial charge in [0.1, 0.15) is 5.82 Å². The summed E-state index contributed by atoms with van der Waals surface area (Å²) in [6.07, 6.45) is -1.86. The SMILES string of the molecule is NC(=O)c1nn(-c2cc(Cc3cc(F)cc(C(F)(F)F)c3)ccn2)cc1CO. The maximum Gasteiger partial charge on any atom is 0.416 e. The molecule has 3 aromatic rings. The predicted octanol–water partition coefficient (Wildman–Crippen LogP) is 2.61. The maximum absolute atomic E-state index is 13.6. The summed E-state index contributed by atoms with van der Waals surface area (Å²) in [6.45, 7) is -0.457. The first-order valence-corrected chi connectivity index (χ1v) is 7.98. The van der Waals surface area contributed by atoms with Crippen LogP contribution >= 0.6 is 0 Å². The van der Waals surface area contributed by atoms with Gasteiger partial charge in [-0.05, 0) is 47.9 Å². The predicted molar refractivity (Wildman–Crippen MR) is 90.0 cm³/mol. The van der Waals surface area contributed by atoms with Gasteiger partial charge in [-0.25, -0.2) is 14.1 Å². The molecule has 3 N–H and O–H groups in total. The summed E-state index contributed by atoms with van der Waals surface area (Å²) in [7, 11) is 0. The Balaban J connectivity index is 1.93. The van der Waals surface area contributed by atoms with Gasteiger partial charge in [-0.3, -0.25) is 4.79 Å². The molecule has 0 radical (unpaired) electrons. The summed E-state index contributed by atoms with van der Waals surface area (Å²) in [6, 6.07) is 5.43. The maximum atomic E-state index is 13.6. The molecule has 3 rings (SSSR count). The number of carbonyl (C=O) groups is 1. The highest BCUT2D eigenvalue weighted by Gasteiger charge is 2.31. The van der Waals surface area contributed by atoms with Gasteiger partial charge in [0.2, 0.25) is 0 Å². The van der Waals surface area contributed by atoms with E-state index >= 15 is 0 Å². The Kier molecular flexibility index (Phi) is 5.14. The molecular weight excluding hydrogens is 380 g/mol. The second-order valence-corrected chi connectivity index (χ2v) is 6.01. The van der Waals surface area contributed by atoms with E-state index in [0.29, 0.717) is 11.6 Å². The second-order valence-electron chi connectivity index (χ2n) is 6.01. The minimum atomic E-state index is -4.65. The van der Waals surface area contributed by atoms with Gasteiger partial charge in [0.15, 0.2) is 11.5 Å². The first-order chi connectivity index (χ1) is 13.2. The number of primary amides is 1. The number of nitrogens with zero attached hydrogens (tertiary/aromatic N) is 3. The highest BCUT2D eigenvalue weighted by atomic mass is 19.4. The number of aliphatic hydroxyl groups is 1. The van der Waals surface area contributed by atoms with Crippen LogP contribution in [0.5, 0.6) is 0 Å². The third-order valence-electron chi connectivity index (χ3n) is 3.93. The van der Waals surface area contributed by atoms with Crippen LogP contribution in [-0.4, -0.2) is 25.8 Å². The largest absolute Gasteiger partial charge is 0.416 e. The van der Waals surface area contributed by atoms with Crippen molar-refractivity contribution in [2.24, 2.45) is 5.73 Å². The lowest BCUT2D eigenvalue weighted by Crippen LogP contribution is -2.14. The van der Waals surface area contributed by atoms with Crippen molar-refractivity contribution < 1.29 is 27.5 Å². The van der Waals surface area contributed by atoms with E-state index in [1.807, 2.05) is 0 Å². The third-order valence-corrected chi connectivity index (χ3v) is 3.93. The summed E-state index contributed by atoms with van der Waals surface area (Å²) >= 11 is 0. The number of pyridine rings is 1. The smallest absolute Gasteiger partial charge is 0.392 e. The zero-order valence-electron chi connectivity index (χ0n) is 14.2. The van der Waals surface area contributed by atoms with Gasteiger partial charge in [-0.2, -0.15) is 18.3 Å². The number of aliphatic hydroxyl groups excluding tert-OH is 1. The number of nitrogens with two attached hydrogens (primary N) is 1. The van der Waals surface area contributed by atoms with E-state index in [2.05, 4.69) is 10.1 Å².